The number of unbranched alkanes of at least 4 members (excludes halogenated alkanes) is 1. The van der Waals surface area contributed by atoms with Crippen molar-refractivity contribution in [2.45, 2.75) is 52.1 Å². The van der Waals surface area contributed by atoms with Gasteiger partial charge in [-0.2, -0.15) is 0 Å². The maximum absolute atomic E-state index is 6.06. The zero-order valence-electron chi connectivity index (χ0n) is 13.6. The van der Waals surface area contributed by atoms with E-state index in [0.29, 0.717) is 11.9 Å². The van der Waals surface area contributed by atoms with E-state index < -0.39 is 0 Å². The van der Waals surface area contributed by atoms with Gasteiger partial charge < -0.3 is 9.47 Å². The third-order valence-electron chi connectivity index (χ3n) is 4.13. The number of aryl methyl sites for hydroxylation is 2. The van der Waals surface area contributed by atoms with E-state index in [4.69, 9.17) is 11.6 Å². The molecule has 116 valence electrons. The summed E-state index contributed by atoms with van der Waals surface area (Å²) < 4.78 is 2.28. The van der Waals surface area contributed by atoms with E-state index in [1.54, 1.807) is 0 Å². The molecule has 2 aromatic rings. The first-order valence-corrected chi connectivity index (χ1v) is 8.28. The molecule has 0 N–H and O–H groups in total. The minimum absolute atomic E-state index is 0.472. The van der Waals surface area contributed by atoms with E-state index in [0.717, 1.165) is 30.9 Å². The fourth-order valence-corrected chi connectivity index (χ4v) is 2.73. The molecule has 1 aromatic heterocycles. The lowest BCUT2D eigenvalue weighted by Crippen LogP contribution is -2.27. The maximum Gasteiger partial charge on any atom is 0.124 e. The zero-order valence-corrected chi connectivity index (χ0v) is 14.3. The summed E-state index contributed by atoms with van der Waals surface area (Å²) in [5.41, 5.74) is 3.53. The second-order valence-corrected chi connectivity index (χ2v) is 6.35. The lowest BCUT2D eigenvalue weighted by molar-refractivity contribution is 0.266. The third-order valence-corrected chi connectivity index (χ3v) is 4.37. The van der Waals surface area contributed by atoms with Crippen molar-refractivity contribution in [1.29, 1.82) is 0 Å². The standard InChI is InChI=1S/C17H26ClN3/c1-13(2)20(4)9-5-6-10-21-16-11-14(3)7-8-15(16)19-17(21)12-18/h7-8,11,13H,5-6,9-10,12H2,1-4H3. The maximum atomic E-state index is 6.06. The summed E-state index contributed by atoms with van der Waals surface area (Å²) in [6.07, 6.45) is 2.35. The van der Waals surface area contributed by atoms with Crippen molar-refractivity contribution in [2.24, 2.45) is 0 Å². The average molecular weight is 308 g/mol. The van der Waals surface area contributed by atoms with Crippen LogP contribution in [0.1, 0.15) is 38.1 Å². The molecule has 0 bridgehead atoms. The van der Waals surface area contributed by atoms with Gasteiger partial charge in [0, 0.05) is 12.6 Å². The van der Waals surface area contributed by atoms with E-state index in [9.17, 15) is 0 Å². The Morgan fingerprint density at radius 3 is 2.71 bits per heavy atom. The van der Waals surface area contributed by atoms with E-state index in [2.05, 4.69) is 60.5 Å². The molecule has 0 unspecified atom stereocenters. The van der Waals surface area contributed by atoms with Crippen LogP contribution in [0.5, 0.6) is 0 Å². The molecule has 0 saturated carbocycles. The number of benzene rings is 1. The van der Waals surface area contributed by atoms with Crippen molar-refractivity contribution in [3.63, 3.8) is 0 Å². The summed E-state index contributed by atoms with van der Waals surface area (Å²) in [7, 11) is 2.19. The molecule has 4 heteroatoms. The van der Waals surface area contributed by atoms with Gasteiger partial charge in [-0.3, -0.25) is 0 Å². The van der Waals surface area contributed by atoms with Crippen molar-refractivity contribution in [1.82, 2.24) is 14.5 Å². The first kappa shape index (κ1) is 16.3. The van der Waals surface area contributed by atoms with Crippen LogP contribution >= 0.6 is 11.6 Å². The number of hydrogen-bond donors (Lipinski definition) is 0. The van der Waals surface area contributed by atoms with Crippen LogP contribution in [-0.4, -0.2) is 34.1 Å². The zero-order chi connectivity index (χ0) is 15.4. The Bertz CT molecular complexity index is 589. The van der Waals surface area contributed by atoms with Crippen LogP contribution in [0.4, 0.5) is 0 Å². The second kappa shape index (κ2) is 7.28. The van der Waals surface area contributed by atoms with Crippen LogP contribution < -0.4 is 0 Å². The van der Waals surface area contributed by atoms with Gasteiger partial charge in [0.2, 0.25) is 0 Å². The number of halogens is 1. The molecule has 2 rings (SSSR count). The van der Waals surface area contributed by atoms with Crippen LogP contribution in [-0.2, 0) is 12.4 Å². The van der Waals surface area contributed by atoms with Crippen LogP contribution in [0.2, 0.25) is 0 Å². The molecule has 0 saturated heterocycles. The Balaban J connectivity index is 2.05. The molecule has 3 nitrogen and oxygen atoms in total. The van der Waals surface area contributed by atoms with E-state index in [-0.39, 0.29) is 0 Å². The van der Waals surface area contributed by atoms with E-state index in [1.807, 2.05) is 0 Å². The van der Waals surface area contributed by atoms with Crippen LogP contribution in [0.25, 0.3) is 11.0 Å². The van der Waals surface area contributed by atoms with Crippen molar-refractivity contribution in [2.75, 3.05) is 13.6 Å². The van der Waals surface area contributed by atoms with Gasteiger partial charge in [-0.05, 0) is 64.9 Å². The van der Waals surface area contributed by atoms with Gasteiger partial charge in [-0.15, -0.1) is 11.6 Å². The Labute approximate surface area is 132 Å². The van der Waals surface area contributed by atoms with Crippen molar-refractivity contribution >= 4 is 22.6 Å². The molecule has 0 fully saturated rings. The Morgan fingerprint density at radius 2 is 2.05 bits per heavy atom. The third kappa shape index (κ3) is 3.98. The van der Waals surface area contributed by atoms with Gasteiger partial charge in [0.1, 0.15) is 5.82 Å². The van der Waals surface area contributed by atoms with Gasteiger partial charge >= 0.3 is 0 Å². The summed E-state index contributed by atoms with van der Waals surface area (Å²) in [6.45, 7) is 8.72. The summed E-state index contributed by atoms with van der Waals surface area (Å²) in [5, 5.41) is 0. The smallest absolute Gasteiger partial charge is 0.124 e. The average Bonchev–Trinajstić information content (AvgIpc) is 2.80. The topological polar surface area (TPSA) is 21.1 Å². The van der Waals surface area contributed by atoms with Crippen LogP contribution in [0.3, 0.4) is 0 Å². The van der Waals surface area contributed by atoms with Gasteiger partial charge in [0.15, 0.2) is 0 Å². The van der Waals surface area contributed by atoms with Crippen LogP contribution in [0.15, 0.2) is 18.2 Å². The van der Waals surface area contributed by atoms with Crippen LogP contribution in [0, 0.1) is 6.92 Å². The summed E-state index contributed by atoms with van der Waals surface area (Å²) in [5.74, 6) is 1.45. The number of aromatic nitrogens is 2. The molecule has 0 aliphatic heterocycles. The largest absolute Gasteiger partial charge is 0.327 e. The molecule has 21 heavy (non-hydrogen) atoms. The second-order valence-electron chi connectivity index (χ2n) is 6.09. The van der Waals surface area contributed by atoms with E-state index >= 15 is 0 Å². The molecular weight excluding hydrogens is 282 g/mol. The molecule has 0 atom stereocenters. The summed E-state index contributed by atoms with van der Waals surface area (Å²) in [4.78, 5) is 7.02. The minimum atomic E-state index is 0.472. The van der Waals surface area contributed by atoms with Gasteiger partial charge in [-0.1, -0.05) is 6.07 Å². The normalized spacial score (nSPS) is 12.0. The number of fused-ring (bicyclic) bond motifs is 1. The van der Waals surface area contributed by atoms with Crippen molar-refractivity contribution in [3.05, 3.63) is 29.6 Å². The van der Waals surface area contributed by atoms with Gasteiger partial charge in [0.05, 0.1) is 16.9 Å². The number of imidazole rings is 1. The molecule has 0 amide bonds. The summed E-state index contributed by atoms with van der Waals surface area (Å²) >= 11 is 6.06. The van der Waals surface area contributed by atoms with E-state index in [1.165, 1.54) is 17.5 Å². The minimum Gasteiger partial charge on any atom is -0.327 e. The molecule has 1 aromatic carbocycles. The highest BCUT2D eigenvalue weighted by Gasteiger charge is 2.10. The Hall–Kier alpha value is -1.06. The van der Waals surface area contributed by atoms with Crippen molar-refractivity contribution in [3.8, 4) is 0 Å². The molecule has 0 aliphatic rings. The predicted molar refractivity (Wildman–Crippen MR) is 91.0 cm³/mol. The quantitative estimate of drug-likeness (QED) is 0.564. The number of rotatable bonds is 7. The highest BCUT2D eigenvalue weighted by atomic mass is 35.5. The Morgan fingerprint density at radius 1 is 1.29 bits per heavy atom. The highest BCUT2D eigenvalue weighted by Crippen LogP contribution is 2.20. The number of alkyl halides is 1. The number of hydrogen-bond acceptors (Lipinski definition) is 2. The SMILES string of the molecule is Cc1ccc2nc(CCl)n(CCCCN(C)C(C)C)c2c1. The fraction of sp³-hybridized carbons (Fsp3) is 0.588. The van der Waals surface area contributed by atoms with Gasteiger partial charge in [-0.25, -0.2) is 4.98 Å². The fourth-order valence-electron chi connectivity index (χ4n) is 2.52. The molecule has 0 aliphatic carbocycles. The summed E-state index contributed by atoms with van der Waals surface area (Å²) in [6, 6.07) is 7.01. The highest BCUT2D eigenvalue weighted by molar-refractivity contribution is 6.16. The lowest BCUT2D eigenvalue weighted by atomic mass is 10.2. The molecule has 0 spiro atoms. The molecular formula is C17H26ClN3. The number of nitrogens with zero attached hydrogens (tertiary/aromatic N) is 3. The first-order chi connectivity index (χ1) is 10.0. The predicted octanol–water partition coefficient (Wildman–Crippen LogP) is 4.20. The lowest BCUT2D eigenvalue weighted by Gasteiger charge is -2.20. The molecule has 0 radical (unpaired) electrons. The Kier molecular flexibility index (Phi) is 5.65. The first-order valence-electron chi connectivity index (χ1n) is 7.75. The van der Waals surface area contributed by atoms with Gasteiger partial charge in [0.25, 0.3) is 0 Å². The molecule has 1 heterocycles. The van der Waals surface area contributed by atoms with Crippen molar-refractivity contribution < 1.29 is 0 Å². The monoisotopic (exact) mass is 307 g/mol.